The van der Waals surface area contributed by atoms with E-state index in [1.807, 2.05) is 37.6 Å². The second-order valence-electron chi connectivity index (χ2n) is 5.33. The van der Waals surface area contributed by atoms with E-state index in [2.05, 4.69) is 15.6 Å². The highest BCUT2D eigenvalue weighted by molar-refractivity contribution is 8.13. The van der Waals surface area contributed by atoms with Crippen LogP contribution >= 0.6 is 11.8 Å². The van der Waals surface area contributed by atoms with Crippen LogP contribution in [0.5, 0.6) is 0 Å². The van der Waals surface area contributed by atoms with Gasteiger partial charge in [-0.1, -0.05) is 24.6 Å². The lowest BCUT2D eigenvalue weighted by Crippen LogP contribution is -2.20. The van der Waals surface area contributed by atoms with Crippen LogP contribution in [0.2, 0.25) is 0 Å². The van der Waals surface area contributed by atoms with Crippen molar-refractivity contribution in [2.24, 2.45) is 10.9 Å². The maximum Gasteiger partial charge on any atom is 0.227 e. The Balaban J connectivity index is 2.09. The van der Waals surface area contributed by atoms with Crippen molar-refractivity contribution < 1.29 is 4.79 Å². The minimum atomic E-state index is 0.118. The highest BCUT2D eigenvalue weighted by Crippen LogP contribution is 2.28. The second-order valence-corrected chi connectivity index (χ2v) is 6.12. The number of anilines is 1. The lowest BCUT2D eigenvalue weighted by Gasteiger charge is -2.13. The molecule has 0 aliphatic heterocycles. The molecule has 6 heteroatoms. The third-order valence-corrected chi connectivity index (χ3v) is 4.36. The zero-order chi connectivity index (χ0) is 15.9. The number of amides is 1. The molecule has 0 saturated heterocycles. The van der Waals surface area contributed by atoms with Gasteiger partial charge in [0.1, 0.15) is 0 Å². The van der Waals surface area contributed by atoms with Gasteiger partial charge in [-0.15, -0.1) is 0 Å². The third-order valence-electron chi connectivity index (χ3n) is 3.78. The summed E-state index contributed by atoms with van der Waals surface area (Å²) in [6.07, 6.45) is 7.99. The molecule has 22 heavy (non-hydrogen) atoms. The van der Waals surface area contributed by atoms with E-state index in [9.17, 15) is 4.79 Å². The fourth-order valence-corrected chi connectivity index (χ4v) is 2.91. The van der Waals surface area contributed by atoms with Crippen LogP contribution < -0.4 is 10.6 Å². The van der Waals surface area contributed by atoms with Crippen molar-refractivity contribution in [3.05, 3.63) is 23.8 Å². The fourth-order valence-electron chi connectivity index (χ4n) is 2.57. The Morgan fingerprint density at radius 2 is 2.14 bits per heavy atom. The van der Waals surface area contributed by atoms with Crippen LogP contribution in [0.15, 0.2) is 23.2 Å². The van der Waals surface area contributed by atoms with Gasteiger partial charge in [0.05, 0.1) is 5.69 Å². The molecule has 5 nitrogen and oxygen atoms in total. The van der Waals surface area contributed by atoms with Gasteiger partial charge in [-0.3, -0.25) is 10.1 Å². The van der Waals surface area contributed by atoms with E-state index < -0.39 is 0 Å². The Labute approximate surface area is 135 Å². The molecule has 2 rings (SSSR count). The standard InChI is InChI=1S/C16H20N4OS/c1-11-9-13(19-16(22-2)18-10-17)7-8-14(11)20-15(21)12-5-3-4-6-12/h7-9,12H,3-6H2,1-2H3,(H,18,19)(H,20,21). The first-order valence-corrected chi connectivity index (χ1v) is 8.56. The number of hydrogen-bond acceptors (Lipinski definition) is 4. The summed E-state index contributed by atoms with van der Waals surface area (Å²) in [4.78, 5) is 16.5. The SMILES string of the molecule is CSC(=Nc1ccc(NC(=O)C2CCCC2)c(C)c1)NC#N. The molecular weight excluding hydrogens is 296 g/mol. The van der Waals surface area contributed by atoms with Crippen molar-refractivity contribution in [2.75, 3.05) is 11.6 Å². The maximum atomic E-state index is 12.2. The predicted octanol–water partition coefficient (Wildman–Crippen LogP) is 3.54. The number of carbonyl (C=O) groups is 1. The molecule has 1 aliphatic rings. The zero-order valence-electron chi connectivity index (χ0n) is 12.8. The van der Waals surface area contributed by atoms with Crippen LogP contribution in [0.3, 0.4) is 0 Å². The predicted molar refractivity (Wildman–Crippen MR) is 91.1 cm³/mol. The van der Waals surface area contributed by atoms with Crippen LogP contribution in [0.1, 0.15) is 31.2 Å². The monoisotopic (exact) mass is 316 g/mol. The van der Waals surface area contributed by atoms with Gasteiger partial charge in [-0.25, -0.2) is 4.99 Å². The quantitative estimate of drug-likeness (QED) is 0.387. The van der Waals surface area contributed by atoms with Crippen molar-refractivity contribution >= 4 is 34.2 Å². The van der Waals surface area contributed by atoms with Gasteiger partial charge in [-0.2, -0.15) is 5.26 Å². The first-order valence-electron chi connectivity index (χ1n) is 7.33. The molecule has 0 atom stereocenters. The van der Waals surface area contributed by atoms with E-state index >= 15 is 0 Å². The van der Waals surface area contributed by atoms with E-state index in [0.717, 1.165) is 42.6 Å². The number of benzene rings is 1. The molecule has 1 aliphatic carbocycles. The van der Waals surface area contributed by atoms with Crippen LogP contribution in [-0.2, 0) is 4.79 Å². The summed E-state index contributed by atoms with van der Waals surface area (Å²) in [6.45, 7) is 1.94. The van der Waals surface area contributed by atoms with Crippen molar-refractivity contribution in [1.82, 2.24) is 5.32 Å². The largest absolute Gasteiger partial charge is 0.326 e. The van der Waals surface area contributed by atoms with Crippen LogP contribution in [-0.4, -0.2) is 17.3 Å². The Morgan fingerprint density at radius 1 is 1.41 bits per heavy atom. The number of nitrogens with zero attached hydrogens (tertiary/aromatic N) is 2. The van der Waals surface area contributed by atoms with Gasteiger partial charge < -0.3 is 5.32 Å². The number of thioether (sulfide) groups is 1. The number of amidine groups is 1. The minimum Gasteiger partial charge on any atom is -0.326 e. The number of nitrogens with one attached hydrogen (secondary N) is 2. The Bertz CT molecular complexity index is 615. The van der Waals surface area contributed by atoms with E-state index in [1.54, 1.807) is 0 Å². The molecule has 0 heterocycles. The molecule has 0 spiro atoms. The molecule has 1 fully saturated rings. The lowest BCUT2D eigenvalue weighted by atomic mass is 10.1. The number of rotatable bonds is 3. The van der Waals surface area contributed by atoms with E-state index in [0.29, 0.717) is 5.17 Å². The minimum absolute atomic E-state index is 0.118. The number of carbonyl (C=O) groups excluding carboxylic acids is 1. The first-order chi connectivity index (χ1) is 10.6. The zero-order valence-corrected chi connectivity index (χ0v) is 13.7. The highest BCUT2D eigenvalue weighted by atomic mass is 32.2. The van der Waals surface area contributed by atoms with Crippen LogP contribution in [0.4, 0.5) is 11.4 Å². The Morgan fingerprint density at radius 3 is 2.73 bits per heavy atom. The molecule has 116 valence electrons. The molecule has 1 amide bonds. The first kappa shape index (κ1) is 16.4. The average molecular weight is 316 g/mol. The van der Waals surface area contributed by atoms with Crippen molar-refractivity contribution in [1.29, 1.82) is 5.26 Å². The summed E-state index contributed by atoms with van der Waals surface area (Å²) < 4.78 is 0. The molecule has 0 unspecified atom stereocenters. The summed E-state index contributed by atoms with van der Waals surface area (Å²) in [6, 6.07) is 5.61. The van der Waals surface area contributed by atoms with Gasteiger partial charge in [0.25, 0.3) is 0 Å². The van der Waals surface area contributed by atoms with Crippen LogP contribution in [0, 0.1) is 24.3 Å². The van der Waals surface area contributed by atoms with Crippen molar-refractivity contribution in [2.45, 2.75) is 32.6 Å². The highest BCUT2D eigenvalue weighted by Gasteiger charge is 2.22. The van der Waals surface area contributed by atoms with Gasteiger partial charge >= 0.3 is 0 Å². The van der Waals surface area contributed by atoms with Gasteiger partial charge in [0, 0.05) is 11.6 Å². The number of nitriles is 1. The summed E-state index contributed by atoms with van der Waals surface area (Å²) in [5.41, 5.74) is 2.54. The molecule has 0 radical (unpaired) electrons. The summed E-state index contributed by atoms with van der Waals surface area (Å²) >= 11 is 1.37. The lowest BCUT2D eigenvalue weighted by molar-refractivity contribution is -0.119. The van der Waals surface area contributed by atoms with E-state index in [4.69, 9.17) is 5.26 Å². The number of hydrogen-bond donors (Lipinski definition) is 2. The van der Waals surface area contributed by atoms with Crippen LogP contribution in [0.25, 0.3) is 0 Å². The topological polar surface area (TPSA) is 77.3 Å². The maximum absolute atomic E-state index is 12.2. The van der Waals surface area contributed by atoms with Gasteiger partial charge in [-0.05, 0) is 49.8 Å². The van der Waals surface area contributed by atoms with E-state index in [1.165, 1.54) is 11.8 Å². The summed E-state index contributed by atoms with van der Waals surface area (Å²) in [7, 11) is 0. The summed E-state index contributed by atoms with van der Waals surface area (Å²) in [5.74, 6) is 0.271. The fraction of sp³-hybridized carbons (Fsp3) is 0.438. The molecule has 0 aromatic heterocycles. The normalized spacial score (nSPS) is 15.4. The third kappa shape index (κ3) is 4.25. The number of aliphatic imine (C=N–C) groups is 1. The Hall–Kier alpha value is -2.00. The van der Waals surface area contributed by atoms with E-state index in [-0.39, 0.29) is 11.8 Å². The molecule has 0 bridgehead atoms. The number of aryl methyl sites for hydroxylation is 1. The summed E-state index contributed by atoms with van der Waals surface area (Å²) in [5, 5.41) is 14.7. The second kappa shape index (κ2) is 7.85. The molecule has 2 N–H and O–H groups in total. The molecular formula is C16H20N4OS. The Kier molecular flexibility index (Phi) is 5.84. The smallest absolute Gasteiger partial charge is 0.227 e. The van der Waals surface area contributed by atoms with Gasteiger partial charge in [0.15, 0.2) is 11.4 Å². The van der Waals surface area contributed by atoms with Crippen molar-refractivity contribution in [3.8, 4) is 6.19 Å². The molecule has 1 aromatic carbocycles. The van der Waals surface area contributed by atoms with Gasteiger partial charge in [0.2, 0.25) is 5.91 Å². The van der Waals surface area contributed by atoms with Crippen molar-refractivity contribution in [3.63, 3.8) is 0 Å². The molecule has 1 saturated carbocycles. The molecule has 1 aromatic rings. The average Bonchev–Trinajstić information content (AvgIpc) is 3.04.